The quantitative estimate of drug-likeness (QED) is 0.584. The molecule has 21 heavy (non-hydrogen) atoms. The van der Waals surface area contributed by atoms with Crippen LogP contribution in [0.2, 0.25) is 0 Å². The summed E-state index contributed by atoms with van der Waals surface area (Å²) in [4.78, 5) is 3.77. The summed E-state index contributed by atoms with van der Waals surface area (Å²) in [6.45, 7) is 1.84. The number of hydrogen-bond donors (Lipinski definition) is 3. The molecule has 1 heterocycles. The topological polar surface area (TPSA) is 72.2 Å². The molecule has 0 aliphatic rings. The largest absolute Gasteiger partial charge is 0.497 e. The lowest BCUT2D eigenvalue weighted by Gasteiger charge is -2.16. The van der Waals surface area contributed by atoms with Gasteiger partial charge in [0.15, 0.2) is 23.3 Å². The molecule has 1 aromatic heterocycles. The van der Waals surface area contributed by atoms with E-state index in [0.717, 1.165) is 17.4 Å². The Morgan fingerprint density at radius 1 is 1.14 bits per heavy atom. The van der Waals surface area contributed by atoms with E-state index in [1.54, 1.807) is 19.2 Å². The highest BCUT2D eigenvalue weighted by atomic mass is 19.1. The highest BCUT2D eigenvalue weighted by Crippen LogP contribution is 2.24. The first-order valence-electron chi connectivity index (χ1n) is 6.28. The summed E-state index contributed by atoms with van der Waals surface area (Å²) < 4.78 is 32.1. The number of benzene rings is 1. The number of anilines is 2. The molecule has 112 valence electrons. The summed E-state index contributed by atoms with van der Waals surface area (Å²) in [6, 6.07) is 7.79. The number of hydrogen-bond acceptors (Lipinski definition) is 5. The molecule has 2 aromatic rings. The summed E-state index contributed by atoms with van der Waals surface area (Å²) in [5.74, 6) is 3.92. The van der Waals surface area contributed by atoms with Crippen LogP contribution in [0.5, 0.6) is 5.75 Å². The lowest BCUT2D eigenvalue weighted by atomic mass is 10.1. The van der Waals surface area contributed by atoms with E-state index in [1.807, 2.05) is 19.1 Å². The number of methoxy groups -OCH3 is 1. The van der Waals surface area contributed by atoms with Gasteiger partial charge in [0.1, 0.15) is 5.75 Å². The maximum absolute atomic E-state index is 13.7. The molecule has 0 radical (unpaired) electrons. The van der Waals surface area contributed by atoms with Crippen LogP contribution < -0.4 is 21.3 Å². The Kier molecular flexibility index (Phi) is 4.54. The number of pyridine rings is 1. The van der Waals surface area contributed by atoms with Gasteiger partial charge in [0.2, 0.25) is 0 Å². The third-order valence-corrected chi connectivity index (χ3v) is 3.04. The number of nitrogen functional groups attached to an aromatic ring is 1. The summed E-state index contributed by atoms with van der Waals surface area (Å²) in [7, 11) is 1.58. The van der Waals surface area contributed by atoms with Gasteiger partial charge in [0, 0.05) is 6.07 Å². The molecule has 7 heteroatoms. The van der Waals surface area contributed by atoms with Gasteiger partial charge in [0.05, 0.1) is 13.2 Å². The lowest BCUT2D eigenvalue weighted by Crippen LogP contribution is -2.15. The monoisotopic (exact) mass is 294 g/mol. The van der Waals surface area contributed by atoms with E-state index >= 15 is 0 Å². The van der Waals surface area contributed by atoms with Crippen molar-refractivity contribution in [2.24, 2.45) is 5.84 Å². The van der Waals surface area contributed by atoms with Crippen molar-refractivity contribution in [3.05, 3.63) is 47.5 Å². The Morgan fingerprint density at radius 3 is 2.33 bits per heavy atom. The maximum atomic E-state index is 13.7. The molecule has 0 amide bonds. The number of nitrogens with one attached hydrogen (secondary N) is 2. The predicted octanol–water partition coefficient (Wildman–Crippen LogP) is 2.83. The second kappa shape index (κ2) is 6.36. The SMILES string of the molecule is COc1ccc(C(C)Nc2nc(NN)c(F)cc2F)cc1. The van der Waals surface area contributed by atoms with E-state index < -0.39 is 11.6 Å². The zero-order valence-electron chi connectivity index (χ0n) is 11.7. The van der Waals surface area contributed by atoms with Crippen LogP contribution in [-0.4, -0.2) is 12.1 Å². The molecule has 1 atom stereocenters. The number of halogens is 2. The number of hydrazine groups is 1. The lowest BCUT2D eigenvalue weighted by molar-refractivity contribution is 0.414. The van der Waals surface area contributed by atoms with Crippen molar-refractivity contribution in [3.63, 3.8) is 0 Å². The maximum Gasteiger partial charge on any atom is 0.178 e. The van der Waals surface area contributed by atoms with Crippen LogP contribution in [0.25, 0.3) is 0 Å². The van der Waals surface area contributed by atoms with Gasteiger partial charge in [-0.15, -0.1) is 0 Å². The smallest absolute Gasteiger partial charge is 0.178 e. The van der Waals surface area contributed by atoms with Crippen LogP contribution in [0.1, 0.15) is 18.5 Å². The Hall–Kier alpha value is -2.41. The van der Waals surface area contributed by atoms with Crippen molar-refractivity contribution in [2.45, 2.75) is 13.0 Å². The Bertz CT molecular complexity index is 619. The normalized spacial score (nSPS) is 11.9. The molecule has 0 saturated carbocycles. The van der Waals surface area contributed by atoms with Crippen molar-refractivity contribution < 1.29 is 13.5 Å². The van der Waals surface area contributed by atoms with Gasteiger partial charge in [-0.25, -0.2) is 19.6 Å². The Morgan fingerprint density at radius 2 is 1.76 bits per heavy atom. The van der Waals surface area contributed by atoms with Gasteiger partial charge < -0.3 is 15.5 Å². The van der Waals surface area contributed by atoms with Crippen LogP contribution in [0.4, 0.5) is 20.4 Å². The molecule has 1 unspecified atom stereocenters. The van der Waals surface area contributed by atoms with Gasteiger partial charge >= 0.3 is 0 Å². The molecular weight excluding hydrogens is 278 g/mol. The van der Waals surface area contributed by atoms with Crippen LogP contribution in [0.3, 0.4) is 0 Å². The molecular formula is C14H16F2N4O. The van der Waals surface area contributed by atoms with Crippen LogP contribution >= 0.6 is 0 Å². The highest BCUT2D eigenvalue weighted by molar-refractivity contribution is 5.48. The van der Waals surface area contributed by atoms with Crippen molar-refractivity contribution in [1.29, 1.82) is 0 Å². The van der Waals surface area contributed by atoms with E-state index in [1.165, 1.54) is 0 Å². The number of nitrogens with two attached hydrogens (primary N) is 1. The summed E-state index contributed by atoms with van der Waals surface area (Å²) in [5.41, 5.74) is 2.99. The van der Waals surface area contributed by atoms with Crippen molar-refractivity contribution in [3.8, 4) is 5.75 Å². The van der Waals surface area contributed by atoms with Crippen LogP contribution in [-0.2, 0) is 0 Å². The first-order chi connectivity index (χ1) is 10.0. The highest BCUT2D eigenvalue weighted by Gasteiger charge is 2.14. The molecule has 4 N–H and O–H groups in total. The van der Waals surface area contributed by atoms with Crippen LogP contribution in [0, 0.1) is 11.6 Å². The Labute approximate surface area is 121 Å². The van der Waals surface area contributed by atoms with Gasteiger partial charge in [-0.3, -0.25) is 0 Å². The first kappa shape index (κ1) is 15.0. The Balaban J connectivity index is 2.20. The third kappa shape index (κ3) is 3.38. The average molecular weight is 294 g/mol. The van der Waals surface area contributed by atoms with Crippen molar-refractivity contribution in [2.75, 3.05) is 17.9 Å². The minimum absolute atomic E-state index is 0.0762. The number of aromatic nitrogens is 1. The van der Waals surface area contributed by atoms with Gasteiger partial charge in [-0.2, -0.15) is 0 Å². The zero-order chi connectivity index (χ0) is 15.4. The second-order valence-corrected chi connectivity index (χ2v) is 4.43. The number of ether oxygens (including phenoxy) is 1. The zero-order valence-corrected chi connectivity index (χ0v) is 11.7. The molecule has 0 fully saturated rings. The van der Waals surface area contributed by atoms with Crippen LogP contribution in [0.15, 0.2) is 30.3 Å². The predicted molar refractivity (Wildman–Crippen MR) is 77.0 cm³/mol. The fourth-order valence-corrected chi connectivity index (χ4v) is 1.85. The number of nitrogens with zero attached hydrogens (tertiary/aromatic N) is 1. The minimum Gasteiger partial charge on any atom is -0.497 e. The van der Waals surface area contributed by atoms with Gasteiger partial charge in [-0.1, -0.05) is 12.1 Å². The molecule has 0 bridgehead atoms. The second-order valence-electron chi connectivity index (χ2n) is 4.43. The fraction of sp³-hybridized carbons (Fsp3) is 0.214. The molecule has 0 spiro atoms. The van der Waals surface area contributed by atoms with Crippen molar-refractivity contribution in [1.82, 2.24) is 4.98 Å². The van der Waals surface area contributed by atoms with E-state index in [-0.39, 0.29) is 17.7 Å². The van der Waals surface area contributed by atoms with E-state index in [0.29, 0.717) is 0 Å². The first-order valence-corrected chi connectivity index (χ1v) is 6.28. The van der Waals surface area contributed by atoms with Gasteiger partial charge in [0.25, 0.3) is 0 Å². The van der Waals surface area contributed by atoms with E-state index in [2.05, 4.69) is 15.7 Å². The molecule has 1 aromatic carbocycles. The summed E-state index contributed by atoms with van der Waals surface area (Å²) in [5, 5.41) is 2.88. The fourth-order valence-electron chi connectivity index (χ4n) is 1.85. The summed E-state index contributed by atoms with van der Waals surface area (Å²) in [6.07, 6.45) is 0. The molecule has 0 aliphatic heterocycles. The molecule has 2 rings (SSSR count). The van der Waals surface area contributed by atoms with Gasteiger partial charge in [-0.05, 0) is 24.6 Å². The van der Waals surface area contributed by atoms with E-state index in [4.69, 9.17) is 10.6 Å². The molecule has 5 nitrogen and oxygen atoms in total. The number of rotatable bonds is 5. The summed E-state index contributed by atoms with van der Waals surface area (Å²) >= 11 is 0. The van der Waals surface area contributed by atoms with Crippen molar-refractivity contribution >= 4 is 11.6 Å². The standard InChI is InChI=1S/C14H16F2N4O/c1-8(9-3-5-10(21-2)6-4-9)18-13-11(15)7-12(16)14(19-13)20-17/h3-8H,17H2,1-2H3,(H2,18,19,20). The minimum atomic E-state index is -0.849. The third-order valence-electron chi connectivity index (χ3n) is 3.04. The average Bonchev–Trinajstić information content (AvgIpc) is 2.50. The van der Waals surface area contributed by atoms with E-state index in [9.17, 15) is 8.78 Å². The molecule has 0 saturated heterocycles. The molecule has 0 aliphatic carbocycles.